The molecule has 0 spiro atoms. The number of benzene rings is 1. The van der Waals surface area contributed by atoms with Gasteiger partial charge in [-0.25, -0.2) is 0 Å². The number of nitrogens with zero attached hydrogens (tertiary/aromatic N) is 2. The third-order valence-corrected chi connectivity index (χ3v) is 3.06. The minimum atomic E-state index is -0.362. The van der Waals surface area contributed by atoms with Crippen molar-refractivity contribution in [3.05, 3.63) is 29.5 Å². The highest BCUT2D eigenvalue weighted by Gasteiger charge is 2.25. The number of hydrogen-bond donors (Lipinski definition) is 1. The van der Waals surface area contributed by atoms with Crippen molar-refractivity contribution in [2.24, 2.45) is 5.73 Å². The molecule has 1 aromatic heterocycles. The lowest BCUT2D eigenvalue weighted by atomic mass is 9.98. The van der Waals surface area contributed by atoms with Crippen molar-refractivity contribution < 1.29 is 0 Å². The standard InChI is InChI=1S/C12H15N3/c1-12(2,13)11-9-5-3-4-8-6-7-15(14-11)10(8)9/h3-5H,6-7,13H2,1-2H3. The second-order valence-corrected chi connectivity index (χ2v) is 4.86. The maximum atomic E-state index is 6.13. The normalized spacial score (nSPS) is 15.1. The van der Waals surface area contributed by atoms with Gasteiger partial charge in [0.25, 0.3) is 0 Å². The highest BCUT2D eigenvalue weighted by atomic mass is 15.3. The van der Waals surface area contributed by atoms with E-state index in [9.17, 15) is 0 Å². The van der Waals surface area contributed by atoms with Gasteiger partial charge in [-0.2, -0.15) is 5.10 Å². The van der Waals surface area contributed by atoms with Crippen molar-refractivity contribution in [2.75, 3.05) is 0 Å². The number of rotatable bonds is 1. The summed E-state index contributed by atoms with van der Waals surface area (Å²) in [6.45, 7) is 5.01. The van der Waals surface area contributed by atoms with E-state index in [1.54, 1.807) is 0 Å². The van der Waals surface area contributed by atoms with E-state index in [2.05, 4.69) is 28.0 Å². The molecule has 2 heterocycles. The Kier molecular flexibility index (Phi) is 1.55. The molecule has 3 nitrogen and oxygen atoms in total. The summed E-state index contributed by atoms with van der Waals surface area (Å²) in [6.07, 6.45) is 1.10. The Morgan fingerprint density at radius 1 is 1.40 bits per heavy atom. The molecule has 3 heteroatoms. The first kappa shape index (κ1) is 8.92. The van der Waals surface area contributed by atoms with Gasteiger partial charge in [-0.05, 0) is 25.8 Å². The molecule has 0 aliphatic carbocycles. The fraction of sp³-hybridized carbons (Fsp3) is 0.417. The molecule has 0 radical (unpaired) electrons. The molecule has 1 aromatic carbocycles. The molecule has 0 saturated carbocycles. The summed E-state index contributed by atoms with van der Waals surface area (Å²) >= 11 is 0. The fourth-order valence-corrected chi connectivity index (χ4v) is 2.38. The predicted octanol–water partition coefficient (Wildman–Crippen LogP) is 1.79. The van der Waals surface area contributed by atoms with Crippen LogP contribution in [0.1, 0.15) is 25.1 Å². The van der Waals surface area contributed by atoms with Crippen molar-refractivity contribution in [1.82, 2.24) is 9.78 Å². The molecule has 0 amide bonds. The Labute approximate surface area is 88.9 Å². The van der Waals surface area contributed by atoms with E-state index in [4.69, 9.17) is 5.73 Å². The molecule has 0 atom stereocenters. The summed E-state index contributed by atoms with van der Waals surface area (Å²) in [5, 5.41) is 5.84. The lowest BCUT2D eigenvalue weighted by molar-refractivity contribution is 0.518. The molecule has 1 aliphatic rings. The van der Waals surface area contributed by atoms with Crippen LogP contribution in [0.4, 0.5) is 0 Å². The zero-order valence-corrected chi connectivity index (χ0v) is 9.12. The van der Waals surface area contributed by atoms with Crippen LogP contribution >= 0.6 is 0 Å². The number of nitrogens with two attached hydrogens (primary N) is 1. The van der Waals surface area contributed by atoms with E-state index in [0.717, 1.165) is 18.7 Å². The van der Waals surface area contributed by atoms with Crippen LogP contribution in [-0.4, -0.2) is 9.78 Å². The van der Waals surface area contributed by atoms with Crippen molar-refractivity contribution in [1.29, 1.82) is 0 Å². The van der Waals surface area contributed by atoms with Gasteiger partial charge < -0.3 is 5.73 Å². The zero-order valence-electron chi connectivity index (χ0n) is 9.12. The Morgan fingerprint density at radius 2 is 2.20 bits per heavy atom. The molecule has 0 bridgehead atoms. The molecule has 0 fully saturated rings. The molecule has 2 N–H and O–H groups in total. The largest absolute Gasteiger partial charge is 0.320 e. The summed E-state index contributed by atoms with van der Waals surface area (Å²) in [4.78, 5) is 0. The average Bonchev–Trinajstić information content (AvgIpc) is 2.71. The maximum absolute atomic E-state index is 6.13. The summed E-state index contributed by atoms with van der Waals surface area (Å²) in [7, 11) is 0. The summed E-state index contributed by atoms with van der Waals surface area (Å²) in [6, 6.07) is 6.41. The van der Waals surface area contributed by atoms with E-state index >= 15 is 0 Å². The average molecular weight is 201 g/mol. The predicted molar refractivity (Wildman–Crippen MR) is 60.7 cm³/mol. The van der Waals surface area contributed by atoms with Crippen LogP contribution in [0.25, 0.3) is 10.9 Å². The Morgan fingerprint density at radius 3 is 2.93 bits per heavy atom. The van der Waals surface area contributed by atoms with Gasteiger partial charge in [-0.15, -0.1) is 0 Å². The van der Waals surface area contributed by atoms with Gasteiger partial charge in [-0.3, -0.25) is 4.68 Å². The van der Waals surface area contributed by atoms with Gasteiger partial charge in [0.2, 0.25) is 0 Å². The Hall–Kier alpha value is -1.35. The molecule has 78 valence electrons. The van der Waals surface area contributed by atoms with E-state index in [0.29, 0.717) is 0 Å². The number of aryl methyl sites for hydroxylation is 2. The first-order valence-electron chi connectivity index (χ1n) is 5.35. The van der Waals surface area contributed by atoms with Crippen molar-refractivity contribution in [3.63, 3.8) is 0 Å². The minimum Gasteiger partial charge on any atom is -0.320 e. The zero-order chi connectivity index (χ0) is 10.6. The number of para-hydroxylation sites is 1. The minimum absolute atomic E-state index is 0.362. The Bertz CT molecular complexity index is 532. The van der Waals surface area contributed by atoms with Crippen LogP contribution in [0.2, 0.25) is 0 Å². The van der Waals surface area contributed by atoms with E-state index in [1.807, 2.05) is 13.8 Å². The molecule has 0 saturated heterocycles. The van der Waals surface area contributed by atoms with Crippen LogP contribution in [0, 0.1) is 0 Å². The molecule has 2 aromatic rings. The van der Waals surface area contributed by atoms with Crippen LogP contribution in [0.15, 0.2) is 18.2 Å². The quantitative estimate of drug-likeness (QED) is 0.764. The first-order chi connectivity index (χ1) is 7.07. The SMILES string of the molecule is CC(C)(N)c1nn2c3c(cccc13)CC2. The van der Waals surface area contributed by atoms with Crippen LogP contribution in [0.3, 0.4) is 0 Å². The molecular weight excluding hydrogens is 186 g/mol. The molecular formula is C12H15N3. The van der Waals surface area contributed by atoms with E-state index in [1.165, 1.54) is 16.5 Å². The highest BCUT2D eigenvalue weighted by molar-refractivity contribution is 5.86. The van der Waals surface area contributed by atoms with Crippen LogP contribution in [-0.2, 0) is 18.5 Å². The van der Waals surface area contributed by atoms with E-state index < -0.39 is 0 Å². The smallest absolute Gasteiger partial charge is 0.0896 e. The van der Waals surface area contributed by atoms with Gasteiger partial charge >= 0.3 is 0 Å². The number of aromatic nitrogens is 2. The molecule has 0 unspecified atom stereocenters. The summed E-state index contributed by atoms with van der Waals surface area (Å²) < 4.78 is 2.09. The van der Waals surface area contributed by atoms with Gasteiger partial charge in [0.15, 0.2) is 0 Å². The third-order valence-electron chi connectivity index (χ3n) is 3.06. The second kappa shape index (κ2) is 2.61. The topological polar surface area (TPSA) is 43.8 Å². The Balaban J connectivity index is 2.40. The van der Waals surface area contributed by atoms with Gasteiger partial charge in [-0.1, -0.05) is 18.2 Å². The van der Waals surface area contributed by atoms with Crippen molar-refractivity contribution >= 4 is 10.9 Å². The van der Waals surface area contributed by atoms with Crippen LogP contribution in [0.5, 0.6) is 0 Å². The lowest BCUT2D eigenvalue weighted by Crippen LogP contribution is -2.29. The fourth-order valence-electron chi connectivity index (χ4n) is 2.38. The third kappa shape index (κ3) is 1.13. The monoisotopic (exact) mass is 201 g/mol. The van der Waals surface area contributed by atoms with Crippen molar-refractivity contribution in [3.8, 4) is 0 Å². The van der Waals surface area contributed by atoms with Crippen molar-refractivity contribution in [2.45, 2.75) is 32.4 Å². The molecule has 1 aliphatic heterocycles. The molecule has 15 heavy (non-hydrogen) atoms. The summed E-state index contributed by atoms with van der Waals surface area (Å²) in [5.74, 6) is 0. The van der Waals surface area contributed by atoms with E-state index in [-0.39, 0.29) is 5.54 Å². The lowest BCUT2D eigenvalue weighted by Gasteiger charge is -2.16. The number of hydrogen-bond acceptors (Lipinski definition) is 2. The maximum Gasteiger partial charge on any atom is 0.0896 e. The van der Waals surface area contributed by atoms with Crippen LogP contribution < -0.4 is 5.73 Å². The molecule has 3 rings (SSSR count). The summed E-state index contributed by atoms with van der Waals surface area (Å²) in [5.41, 5.74) is 9.47. The van der Waals surface area contributed by atoms with Gasteiger partial charge in [0.05, 0.1) is 16.7 Å². The van der Waals surface area contributed by atoms with Gasteiger partial charge in [0, 0.05) is 11.9 Å². The second-order valence-electron chi connectivity index (χ2n) is 4.86. The van der Waals surface area contributed by atoms with Gasteiger partial charge in [0.1, 0.15) is 0 Å². The highest BCUT2D eigenvalue weighted by Crippen LogP contribution is 2.31. The first-order valence-corrected chi connectivity index (χ1v) is 5.35.